The summed E-state index contributed by atoms with van der Waals surface area (Å²) in [4.78, 5) is 0. The predicted molar refractivity (Wildman–Crippen MR) is 188 cm³/mol. The van der Waals surface area contributed by atoms with E-state index in [4.69, 9.17) is 28.1 Å². The van der Waals surface area contributed by atoms with E-state index in [1.54, 1.807) is 14.2 Å². The monoisotopic (exact) mass is 646 g/mol. The van der Waals surface area contributed by atoms with Gasteiger partial charge in [-0.1, -0.05) is 78.5 Å². The van der Waals surface area contributed by atoms with Gasteiger partial charge in [-0.3, -0.25) is 0 Å². The Morgan fingerprint density at radius 3 is 2.05 bits per heavy atom. The molecule has 0 aliphatic heterocycles. The zero-order valence-corrected chi connectivity index (χ0v) is 31.4. The van der Waals surface area contributed by atoms with Crippen molar-refractivity contribution in [1.29, 1.82) is 0 Å². The Bertz CT molecular complexity index is 1030. The van der Waals surface area contributed by atoms with E-state index in [1.807, 2.05) is 24.3 Å². The van der Waals surface area contributed by atoms with Gasteiger partial charge in [-0.15, -0.1) is 0 Å². The van der Waals surface area contributed by atoms with Gasteiger partial charge in [-0.25, -0.2) is 0 Å². The van der Waals surface area contributed by atoms with Crippen LogP contribution in [0.25, 0.3) is 0 Å². The van der Waals surface area contributed by atoms with E-state index in [0.717, 1.165) is 66.3 Å². The highest BCUT2D eigenvalue weighted by Crippen LogP contribution is 2.34. The van der Waals surface area contributed by atoms with Gasteiger partial charge in [-0.05, 0) is 78.3 Å². The molecule has 0 bridgehead atoms. The SMILES string of the molecule is CC[Si](CC)(CC)O[C@H]([C@@H](C)CC[C@H](OC)c1cccc(OCOCC[Si](C)(C)C)c1)[C@@H](C)COCc1ccc(OC)cc1. The molecule has 2 aromatic rings. The van der Waals surface area contributed by atoms with E-state index < -0.39 is 16.4 Å². The molecule has 0 N–H and O–H groups in total. The average molecular weight is 647 g/mol. The second-order valence-corrected chi connectivity index (χ2v) is 23.8. The first kappa shape index (κ1) is 38.5. The first-order valence-corrected chi connectivity index (χ1v) is 22.9. The lowest BCUT2D eigenvalue weighted by Gasteiger charge is -2.39. The van der Waals surface area contributed by atoms with Gasteiger partial charge in [-0.2, -0.15) is 0 Å². The number of rotatable bonds is 23. The number of hydrogen-bond donors (Lipinski definition) is 0. The minimum atomic E-state index is -1.81. The van der Waals surface area contributed by atoms with Crippen LogP contribution in [0, 0.1) is 11.8 Å². The fourth-order valence-corrected chi connectivity index (χ4v) is 9.41. The Balaban J connectivity index is 2.03. The fourth-order valence-electron chi connectivity index (χ4n) is 5.61. The van der Waals surface area contributed by atoms with Crippen LogP contribution in [0.4, 0.5) is 0 Å². The maximum absolute atomic E-state index is 7.19. The zero-order chi connectivity index (χ0) is 32.6. The molecule has 0 saturated carbocycles. The van der Waals surface area contributed by atoms with Gasteiger partial charge in [0.15, 0.2) is 15.1 Å². The molecule has 44 heavy (non-hydrogen) atoms. The van der Waals surface area contributed by atoms with Gasteiger partial charge in [0.25, 0.3) is 0 Å². The van der Waals surface area contributed by atoms with E-state index in [0.29, 0.717) is 19.1 Å². The highest BCUT2D eigenvalue weighted by Gasteiger charge is 2.36. The molecule has 0 aliphatic rings. The van der Waals surface area contributed by atoms with E-state index in [2.05, 4.69) is 78.5 Å². The molecule has 0 fully saturated rings. The molecule has 2 rings (SSSR count). The Labute approximate surface area is 271 Å². The highest BCUT2D eigenvalue weighted by molar-refractivity contribution is 6.76. The summed E-state index contributed by atoms with van der Waals surface area (Å²) in [5, 5.41) is 0. The van der Waals surface area contributed by atoms with Crippen molar-refractivity contribution in [1.82, 2.24) is 0 Å². The van der Waals surface area contributed by atoms with Crippen LogP contribution in [0.1, 0.15) is 64.7 Å². The number of benzene rings is 2. The van der Waals surface area contributed by atoms with Crippen molar-refractivity contribution < 1.29 is 28.1 Å². The molecular formula is C36H62O6Si2. The first-order valence-electron chi connectivity index (χ1n) is 16.7. The molecule has 250 valence electrons. The number of methoxy groups -OCH3 is 2. The van der Waals surface area contributed by atoms with Crippen molar-refractivity contribution in [2.24, 2.45) is 11.8 Å². The standard InChI is InChI=1S/C36H62O6Si2/c1-11-44(12-2,13-3)42-36(30(5)26-40-27-31-18-20-33(37-6)21-19-31)29(4)17-22-35(38-7)32-15-14-16-34(25-32)41-28-39-23-24-43(8,9)10/h14-16,18-21,25,29-30,35-36H,11-13,17,22-24,26-28H2,1-10H3/t29-,30-,35-,36+/m0/s1. The summed E-state index contributed by atoms with van der Waals surface area (Å²) in [5.41, 5.74) is 2.28. The van der Waals surface area contributed by atoms with Crippen molar-refractivity contribution in [3.8, 4) is 11.5 Å². The molecule has 0 spiro atoms. The molecule has 0 unspecified atom stereocenters. The third kappa shape index (κ3) is 13.4. The van der Waals surface area contributed by atoms with Gasteiger partial charge in [0.05, 0.1) is 32.5 Å². The normalized spacial score (nSPS) is 15.0. The van der Waals surface area contributed by atoms with Crippen molar-refractivity contribution in [3.63, 3.8) is 0 Å². The maximum atomic E-state index is 7.19. The lowest BCUT2D eigenvalue weighted by molar-refractivity contribution is 0.00472. The second kappa shape index (κ2) is 19.7. The molecule has 0 amide bonds. The third-order valence-electron chi connectivity index (χ3n) is 8.95. The molecule has 0 aromatic heterocycles. The summed E-state index contributed by atoms with van der Waals surface area (Å²) in [6, 6.07) is 20.9. The van der Waals surface area contributed by atoms with E-state index >= 15 is 0 Å². The van der Waals surface area contributed by atoms with Crippen LogP contribution in [0.5, 0.6) is 11.5 Å². The van der Waals surface area contributed by atoms with Crippen molar-refractivity contribution in [2.75, 3.05) is 34.2 Å². The maximum Gasteiger partial charge on any atom is 0.192 e. The van der Waals surface area contributed by atoms with E-state index in [-0.39, 0.29) is 24.9 Å². The molecule has 4 atom stereocenters. The van der Waals surface area contributed by atoms with Crippen LogP contribution in [0.2, 0.25) is 43.8 Å². The van der Waals surface area contributed by atoms with Crippen LogP contribution in [0.15, 0.2) is 48.5 Å². The lowest BCUT2D eigenvalue weighted by Crippen LogP contribution is -2.45. The van der Waals surface area contributed by atoms with Crippen molar-refractivity contribution in [2.45, 2.75) is 110 Å². The Kier molecular flexibility index (Phi) is 17.3. The van der Waals surface area contributed by atoms with Gasteiger partial charge in [0, 0.05) is 27.7 Å². The zero-order valence-electron chi connectivity index (χ0n) is 29.4. The Hall–Kier alpha value is -1.69. The molecule has 2 aromatic carbocycles. The second-order valence-electron chi connectivity index (χ2n) is 13.5. The highest BCUT2D eigenvalue weighted by atomic mass is 28.4. The van der Waals surface area contributed by atoms with Crippen molar-refractivity contribution >= 4 is 16.4 Å². The third-order valence-corrected chi connectivity index (χ3v) is 15.3. The molecule has 8 heteroatoms. The summed E-state index contributed by atoms with van der Waals surface area (Å²) in [6.07, 6.45) is 2.03. The van der Waals surface area contributed by atoms with Gasteiger partial charge in [0.2, 0.25) is 0 Å². The summed E-state index contributed by atoms with van der Waals surface area (Å²) in [7, 11) is 0.569. The minimum absolute atomic E-state index is 0.0124. The number of hydrogen-bond acceptors (Lipinski definition) is 6. The van der Waals surface area contributed by atoms with Crippen LogP contribution >= 0.6 is 0 Å². The topological polar surface area (TPSA) is 55.4 Å². The van der Waals surface area contributed by atoms with Gasteiger partial charge in [0.1, 0.15) is 11.5 Å². The smallest absolute Gasteiger partial charge is 0.192 e. The van der Waals surface area contributed by atoms with Crippen molar-refractivity contribution in [3.05, 3.63) is 59.7 Å². The molecule has 0 heterocycles. The summed E-state index contributed by atoms with van der Waals surface area (Å²) >= 11 is 0. The quantitative estimate of drug-likeness (QED) is 0.0681. The molecule has 0 aliphatic carbocycles. The summed E-state index contributed by atoms with van der Waals surface area (Å²) < 4.78 is 36.4. The molecule has 6 nitrogen and oxygen atoms in total. The van der Waals surface area contributed by atoms with Crippen LogP contribution in [-0.2, 0) is 25.2 Å². The largest absolute Gasteiger partial charge is 0.497 e. The van der Waals surface area contributed by atoms with Crippen LogP contribution < -0.4 is 9.47 Å². The van der Waals surface area contributed by atoms with Gasteiger partial charge < -0.3 is 28.1 Å². The molecule has 0 radical (unpaired) electrons. The van der Waals surface area contributed by atoms with E-state index in [9.17, 15) is 0 Å². The lowest BCUT2D eigenvalue weighted by atomic mass is 9.88. The Morgan fingerprint density at radius 1 is 0.773 bits per heavy atom. The van der Waals surface area contributed by atoms with Gasteiger partial charge >= 0.3 is 0 Å². The summed E-state index contributed by atoms with van der Waals surface area (Å²) in [6.45, 7) is 20.9. The number of ether oxygens (including phenoxy) is 5. The molecule has 0 saturated heterocycles. The average Bonchev–Trinajstić information content (AvgIpc) is 3.02. The minimum Gasteiger partial charge on any atom is -0.497 e. The predicted octanol–water partition coefficient (Wildman–Crippen LogP) is 9.73. The first-order chi connectivity index (χ1) is 21.0. The van der Waals surface area contributed by atoms with Crippen LogP contribution in [0.3, 0.4) is 0 Å². The van der Waals surface area contributed by atoms with Crippen LogP contribution in [-0.4, -0.2) is 56.7 Å². The van der Waals surface area contributed by atoms with E-state index in [1.165, 1.54) is 0 Å². The molecular weight excluding hydrogens is 585 g/mol. The Morgan fingerprint density at radius 2 is 1.45 bits per heavy atom. The summed E-state index contributed by atoms with van der Waals surface area (Å²) in [5.74, 6) is 2.32. The fraction of sp³-hybridized carbons (Fsp3) is 0.667.